The molecule has 2 rings (SSSR count). The summed E-state index contributed by atoms with van der Waals surface area (Å²) in [5.74, 6) is -0.480. The number of allylic oxidation sites excluding steroid dienone is 8. The van der Waals surface area contributed by atoms with E-state index in [1.807, 2.05) is 0 Å². The molecule has 0 aromatic heterocycles. The third-order valence-corrected chi connectivity index (χ3v) is 7.55. The van der Waals surface area contributed by atoms with Gasteiger partial charge in [0.25, 0.3) is 0 Å². The van der Waals surface area contributed by atoms with Crippen LogP contribution in [-0.4, -0.2) is 141 Å². The maximum atomic E-state index is 12.0. The molecule has 2 aliphatic rings. The van der Waals surface area contributed by atoms with E-state index >= 15 is 0 Å². The highest BCUT2D eigenvalue weighted by molar-refractivity contribution is 5.69. The van der Waals surface area contributed by atoms with Crippen molar-refractivity contribution in [1.29, 1.82) is 0 Å². The fraction of sp³-hybridized carbons (Fsp3) is 0.727. The third-order valence-electron chi connectivity index (χ3n) is 7.55. The van der Waals surface area contributed by atoms with E-state index in [9.17, 15) is 45.6 Å². The van der Waals surface area contributed by atoms with E-state index in [2.05, 4.69) is 55.5 Å². The quantitative estimate of drug-likeness (QED) is 0.0452. The second-order valence-electron chi connectivity index (χ2n) is 11.5. The molecule has 11 atom stereocenters. The number of rotatable bonds is 21. The SMILES string of the molecule is CCC=CCC=CCC=CCC=CCCCCC(=O)OCC(O)COC1OC(COC2OC(CO)C(O)C(O)C2O)C(O)C(O)C1O. The number of hydrogen-bond acceptors (Lipinski definition) is 14. The first kappa shape index (κ1) is 41.1. The summed E-state index contributed by atoms with van der Waals surface area (Å²) in [7, 11) is 0. The minimum atomic E-state index is -1.73. The molecule has 0 saturated carbocycles. The van der Waals surface area contributed by atoms with Crippen molar-refractivity contribution in [2.24, 2.45) is 0 Å². The molecule has 2 fully saturated rings. The molecule has 270 valence electrons. The van der Waals surface area contributed by atoms with Crippen LogP contribution in [0.3, 0.4) is 0 Å². The Morgan fingerprint density at radius 2 is 1.21 bits per heavy atom. The summed E-state index contributed by atoms with van der Waals surface area (Å²) in [6, 6.07) is 0. The van der Waals surface area contributed by atoms with Gasteiger partial charge in [0.05, 0.1) is 19.8 Å². The molecule has 0 bridgehead atoms. The number of carbonyl (C=O) groups is 1. The van der Waals surface area contributed by atoms with Crippen LogP contribution in [0, 0.1) is 0 Å². The predicted octanol–water partition coefficient (Wildman–Crippen LogP) is -0.103. The van der Waals surface area contributed by atoms with Crippen molar-refractivity contribution in [2.45, 2.75) is 126 Å². The lowest BCUT2D eigenvalue weighted by Gasteiger charge is -2.42. The van der Waals surface area contributed by atoms with Crippen molar-refractivity contribution in [3.05, 3.63) is 48.6 Å². The molecular weight excluding hydrogens is 620 g/mol. The first-order chi connectivity index (χ1) is 22.6. The zero-order valence-corrected chi connectivity index (χ0v) is 27.0. The number of aliphatic hydroxyl groups is 8. The van der Waals surface area contributed by atoms with Gasteiger partial charge in [0.1, 0.15) is 61.5 Å². The van der Waals surface area contributed by atoms with Gasteiger partial charge in [0, 0.05) is 6.42 Å². The maximum Gasteiger partial charge on any atom is 0.305 e. The summed E-state index contributed by atoms with van der Waals surface area (Å²) < 4.78 is 26.5. The van der Waals surface area contributed by atoms with Crippen LogP contribution in [0.4, 0.5) is 0 Å². The van der Waals surface area contributed by atoms with Crippen LogP contribution in [0.2, 0.25) is 0 Å². The summed E-state index contributed by atoms with van der Waals surface area (Å²) in [5, 5.41) is 80.3. The summed E-state index contributed by atoms with van der Waals surface area (Å²) in [5.41, 5.74) is 0. The molecule has 0 radical (unpaired) electrons. The summed E-state index contributed by atoms with van der Waals surface area (Å²) in [6.07, 6.45) is 6.35. The number of hydrogen-bond donors (Lipinski definition) is 8. The van der Waals surface area contributed by atoms with Crippen molar-refractivity contribution in [3.8, 4) is 0 Å². The number of aliphatic hydroxyl groups excluding tert-OH is 8. The molecule has 8 N–H and O–H groups in total. The first-order valence-electron chi connectivity index (χ1n) is 16.3. The average molecular weight is 675 g/mol. The van der Waals surface area contributed by atoms with Gasteiger partial charge in [-0.05, 0) is 44.9 Å². The van der Waals surface area contributed by atoms with Gasteiger partial charge < -0.3 is 64.5 Å². The fourth-order valence-corrected chi connectivity index (χ4v) is 4.73. The van der Waals surface area contributed by atoms with Crippen molar-refractivity contribution in [1.82, 2.24) is 0 Å². The Morgan fingerprint density at radius 1 is 0.681 bits per heavy atom. The smallest absolute Gasteiger partial charge is 0.305 e. The lowest BCUT2D eigenvalue weighted by Crippen LogP contribution is -2.61. The Bertz CT molecular complexity index is 969. The zero-order chi connectivity index (χ0) is 34.6. The van der Waals surface area contributed by atoms with Gasteiger partial charge in [-0.3, -0.25) is 4.79 Å². The van der Waals surface area contributed by atoms with E-state index in [0.717, 1.165) is 38.5 Å². The van der Waals surface area contributed by atoms with Crippen LogP contribution in [0.5, 0.6) is 0 Å². The fourth-order valence-electron chi connectivity index (χ4n) is 4.73. The lowest BCUT2D eigenvalue weighted by atomic mass is 9.98. The highest BCUT2D eigenvalue weighted by Crippen LogP contribution is 2.26. The average Bonchev–Trinajstić information content (AvgIpc) is 3.06. The van der Waals surface area contributed by atoms with Crippen molar-refractivity contribution in [3.63, 3.8) is 0 Å². The highest BCUT2D eigenvalue weighted by Gasteiger charge is 2.47. The zero-order valence-electron chi connectivity index (χ0n) is 27.0. The van der Waals surface area contributed by atoms with Crippen molar-refractivity contribution >= 4 is 5.97 Å². The molecule has 0 aromatic rings. The monoisotopic (exact) mass is 674 g/mol. The van der Waals surface area contributed by atoms with E-state index in [-0.39, 0.29) is 13.0 Å². The van der Waals surface area contributed by atoms with E-state index in [0.29, 0.717) is 6.42 Å². The van der Waals surface area contributed by atoms with Crippen LogP contribution in [0.1, 0.15) is 58.3 Å². The highest BCUT2D eigenvalue weighted by atomic mass is 16.7. The number of ether oxygens (including phenoxy) is 5. The van der Waals surface area contributed by atoms with E-state index in [1.54, 1.807) is 0 Å². The van der Waals surface area contributed by atoms with E-state index in [4.69, 9.17) is 23.7 Å². The normalized spacial score (nSPS) is 32.6. The van der Waals surface area contributed by atoms with E-state index in [1.165, 1.54) is 0 Å². The van der Waals surface area contributed by atoms with Gasteiger partial charge in [0.2, 0.25) is 0 Å². The van der Waals surface area contributed by atoms with Gasteiger partial charge in [0.15, 0.2) is 12.6 Å². The van der Waals surface area contributed by atoms with Gasteiger partial charge in [-0.15, -0.1) is 0 Å². The molecule has 2 aliphatic heterocycles. The molecule has 47 heavy (non-hydrogen) atoms. The molecule has 0 amide bonds. The Hall–Kier alpha value is -2.05. The Balaban J connectivity index is 1.62. The number of unbranched alkanes of at least 4 members (excludes halogenated alkanes) is 2. The topological polar surface area (TPSA) is 225 Å². The summed E-state index contributed by atoms with van der Waals surface area (Å²) in [4.78, 5) is 12.0. The minimum Gasteiger partial charge on any atom is -0.463 e. The molecular formula is C33H54O14. The van der Waals surface area contributed by atoms with Crippen LogP contribution >= 0.6 is 0 Å². The van der Waals surface area contributed by atoms with Gasteiger partial charge in [-0.25, -0.2) is 0 Å². The third kappa shape index (κ3) is 14.9. The number of carbonyl (C=O) groups excluding carboxylic acids is 1. The Kier molecular flexibility index (Phi) is 20.4. The van der Waals surface area contributed by atoms with Gasteiger partial charge in [-0.2, -0.15) is 0 Å². The van der Waals surface area contributed by atoms with Crippen molar-refractivity contribution in [2.75, 3.05) is 26.4 Å². The van der Waals surface area contributed by atoms with Crippen LogP contribution < -0.4 is 0 Å². The maximum absolute atomic E-state index is 12.0. The second-order valence-corrected chi connectivity index (χ2v) is 11.5. The molecule has 11 unspecified atom stereocenters. The second kappa shape index (κ2) is 23.3. The summed E-state index contributed by atoms with van der Waals surface area (Å²) >= 11 is 0. The molecule has 0 aliphatic carbocycles. The molecule has 0 aromatic carbocycles. The van der Waals surface area contributed by atoms with Gasteiger partial charge in [-0.1, -0.05) is 55.5 Å². The largest absolute Gasteiger partial charge is 0.463 e. The molecule has 14 nitrogen and oxygen atoms in total. The van der Waals surface area contributed by atoms with Gasteiger partial charge >= 0.3 is 5.97 Å². The lowest BCUT2D eigenvalue weighted by molar-refractivity contribution is -0.332. The predicted molar refractivity (Wildman–Crippen MR) is 168 cm³/mol. The molecule has 0 spiro atoms. The standard InChI is InChI=1S/C33H54O14/c1-2-3-4-5-6-7-8-9-10-11-12-13-14-15-16-17-25(36)43-19-22(35)20-44-32-31(42)29(40)27(38)24(47-32)21-45-33-30(41)28(39)26(37)23(18-34)46-33/h3-4,6-7,9-10,12-13,22-24,26-35,37-42H,2,5,8,11,14-21H2,1H3. The van der Waals surface area contributed by atoms with E-state index < -0.39 is 93.3 Å². The molecule has 14 heteroatoms. The molecule has 2 heterocycles. The minimum absolute atomic E-state index is 0.186. The number of esters is 1. The Morgan fingerprint density at radius 3 is 1.81 bits per heavy atom. The first-order valence-corrected chi connectivity index (χ1v) is 16.3. The van der Waals surface area contributed by atoms with Crippen LogP contribution in [0.25, 0.3) is 0 Å². The van der Waals surface area contributed by atoms with Crippen LogP contribution in [-0.2, 0) is 28.5 Å². The summed E-state index contributed by atoms with van der Waals surface area (Å²) in [6.45, 7) is 0.119. The Labute approximate surface area is 276 Å². The van der Waals surface area contributed by atoms with Crippen molar-refractivity contribution < 1.29 is 69.3 Å². The molecule has 2 saturated heterocycles. The van der Waals surface area contributed by atoms with Crippen LogP contribution in [0.15, 0.2) is 48.6 Å².